The van der Waals surface area contributed by atoms with E-state index < -0.39 is 0 Å². The maximum absolute atomic E-state index is 12.3. The Morgan fingerprint density at radius 1 is 0.966 bits per heavy atom. The van der Waals surface area contributed by atoms with E-state index in [2.05, 4.69) is 33.1 Å². The summed E-state index contributed by atoms with van der Waals surface area (Å²) in [6, 6.07) is 23.6. The molecule has 0 saturated heterocycles. The van der Waals surface area contributed by atoms with Crippen LogP contribution < -0.4 is 10.1 Å². The molecule has 0 aliphatic heterocycles. The van der Waals surface area contributed by atoms with E-state index in [1.54, 1.807) is 12.1 Å². The van der Waals surface area contributed by atoms with Gasteiger partial charge in [0.25, 0.3) is 5.91 Å². The largest absolute Gasteiger partial charge is 0.494 e. The van der Waals surface area contributed by atoms with Crippen molar-refractivity contribution in [2.75, 3.05) is 6.61 Å². The van der Waals surface area contributed by atoms with Crippen LogP contribution in [0.4, 0.5) is 0 Å². The second-order valence-electron chi connectivity index (χ2n) is 6.82. The minimum absolute atomic E-state index is 0.0954. The molecule has 1 aromatic heterocycles. The van der Waals surface area contributed by atoms with Crippen LogP contribution in [0.25, 0.3) is 11.0 Å². The average Bonchev–Trinajstić information content (AvgIpc) is 3.17. The lowest BCUT2D eigenvalue weighted by atomic mass is 10.1. The summed E-state index contributed by atoms with van der Waals surface area (Å²) < 4.78 is 7.54. The predicted molar refractivity (Wildman–Crippen MR) is 114 cm³/mol. The van der Waals surface area contributed by atoms with Gasteiger partial charge < -0.3 is 14.6 Å². The fourth-order valence-corrected chi connectivity index (χ4v) is 3.25. The van der Waals surface area contributed by atoms with Crippen LogP contribution in [0, 0.1) is 0 Å². The highest BCUT2D eigenvalue weighted by Gasteiger charge is 2.06. The molecule has 146 valence electrons. The summed E-state index contributed by atoms with van der Waals surface area (Å²) in [5.74, 6) is 0.673. The minimum Gasteiger partial charge on any atom is -0.494 e. The Bertz CT molecular complexity index is 1100. The van der Waals surface area contributed by atoms with Crippen LogP contribution in [-0.4, -0.2) is 22.1 Å². The molecule has 29 heavy (non-hydrogen) atoms. The molecule has 5 nitrogen and oxygen atoms in total. The van der Waals surface area contributed by atoms with Crippen molar-refractivity contribution in [1.29, 1.82) is 0 Å². The van der Waals surface area contributed by atoms with Crippen LogP contribution in [0.15, 0.2) is 79.1 Å². The number of benzene rings is 3. The fourth-order valence-electron chi connectivity index (χ4n) is 3.25. The third kappa shape index (κ3) is 4.46. The lowest BCUT2D eigenvalue weighted by Crippen LogP contribution is -2.22. The molecule has 0 fully saturated rings. The van der Waals surface area contributed by atoms with E-state index in [4.69, 9.17) is 4.74 Å². The molecule has 0 aliphatic rings. The molecule has 1 N–H and O–H groups in total. The number of carbonyl (C=O) groups is 1. The van der Waals surface area contributed by atoms with Gasteiger partial charge in [0, 0.05) is 18.7 Å². The van der Waals surface area contributed by atoms with Crippen LogP contribution in [0.5, 0.6) is 5.75 Å². The number of nitrogens with zero attached hydrogens (tertiary/aromatic N) is 2. The summed E-state index contributed by atoms with van der Waals surface area (Å²) >= 11 is 0. The van der Waals surface area contributed by atoms with Gasteiger partial charge in [-0.1, -0.05) is 36.4 Å². The van der Waals surface area contributed by atoms with E-state index in [0.717, 1.165) is 28.9 Å². The molecular formula is C24H23N3O2. The monoisotopic (exact) mass is 385 g/mol. The molecule has 4 aromatic rings. The summed E-state index contributed by atoms with van der Waals surface area (Å²) in [6.45, 7) is 3.79. The van der Waals surface area contributed by atoms with Crippen LogP contribution in [0.3, 0.4) is 0 Å². The summed E-state index contributed by atoms with van der Waals surface area (Å²) in [4.78, 5) is 16.8. The number of carbonyl (C=O) groups excluding carboxylic acids is 1. The van der Waals surface area contributed by atoms with Crippen molar-refractivity contribution >= 4 is 16.9 Å². The average molecular weight is 385 g/mol. The highest BCUT2D eigenvalue weighted by atomic mass is 16.5. The molecule has 3 aromatic carbocycles. The van der Waals surface area contributed by atoms with Crippen molar-refractivity contribution < 1.29 is 9.53 Å². The third-order valence-electron chi connectivity index (χ3n) is 4.78. The van der Waals surface area contributed by atoms with Gasteiger partial charge in [-0.2, -0.15) is 0 Å². The van der Waals surface area contributed by atoms with Crippen molar-refractivity contribution in [3.05, 3.63) is 95.8 Å². The van der Waals surface area contributed by atoms with Crippen molar-refractivity contribution in [2.24, 2.45) is 0 Å². The van der Waals surface area contributed by atoms with Gasteiger partial charge in [-0.3, -0.25) is 4.79 Å². The Labute approximate surface area is 170 Å². The Hall–Kier alpha value is -3.60. The topological polar surface area (TPSA) is 56.1 Å². The molecule has 0 unspecified atom stereocenters. The quantitative estimate of drug-likeness (QED) is 0.513. The zero-order valence-electron chi connectivity index (χ0n) is 16.3. The first kappa shape index (κ1) is 18.7. The first-order chi connectivity index (χ1) is 14.2. The van der Waals surface area contributed by atoms with Gasteiger partial charge in [-0.25, -0.2) is 4.98 Å². The Morgan fingerprint density at radius 3 is 2.45 bits per heavy atom. The summed E-state index contributed by atoms with van der Waals surface area (Å²) in [7, 11) is 0. The molecule has 0 radical (unpaired) electrons. The highest BCUT2D eigenvalue weighted by Crippen LogP contribution is 2.15. The van der Waals surface area contributed by atoms with E-state index in [-0.39, 0.29) is 5.91 Å². The number of ether oxygens (including phenoxy) is 1. The van der Waals surface area contributed by atoms with E-state index >= 15 is 0 Å². The van der Waals surface area contributed by atoms with Gasteiger partial charge in [-0.15, -0.1) is 0 Å². The molecule has 0 atom stereocenters. The van der Waals surface area contributed by atoms with E-state index in [0.29, 0.717) is 18.7 Å². The van der Waals surface area contributed by atoms with E-state index in [9.17, 15) is 4.79 Å². The van der Waals surface area contributed by atoms with Crippen LogP contribution in [-0.2, 0) is 13.1 Å². The number of rotatable bonds is 7. The number of hydrogen-bond acceptors (Lipinski definition) is 3. The highest BCUT2D eigenvalue weighted by molar-refractivity contribution is 5.94. The van der Waals surface area contributed by atoms with Crippen molar-refractivity contribution in [2.45, 2.75) is 20.0 Å². The second-order valence-corrected chi connectivity index (χ2v) is 6.82. The fraction of sp³-hybridized carbons (Fsp3) is 0.167. The van der Waals surface area contributed by atoms with Crippen LogP contribution in [0.1, 0.15) is 28.4 Å². The van der Waals surface area contributed by atoms with Gasteiger partial charge in [-0.05, 0) is 54.4 Å². The number of hydrogen-bond donors (Lipinski definition) is 1. The lowest BCUT2D eigenvalue weighted by Gasteiger charge is -2.09. The van der Waals surface area contributed by atoms with Crippen LogP contribution in [0.2, 0.25) is 0 Å². The summed E-state index contributed by atoms with van der Waals surface area (Å²) in [6.07, 6.45) is 1.87. The number of para-hydroxylation sites is 2. The molecule has 1 heterocycles. The Morgan fingerprint density at radius 2 is 1.69 bits per heavy atom. The number of aromatic nitrogens is 2. The van der Waals surface area contributed by atoms with Gasteiger partial charge in [0.15, 0.2) is 0 Å². The van der Waals surface area contributed by atoms with Crippen LogP contribution >= 0.6 is 0 Å². The first-order valence-electron chi connectivity index (χ1n) is 9.71. The number of nitrogens with one attached hydrogen (secondary N) is 1. The smallest absolute Gasteiger partial charge is 0.251 e. The Balaban J connectivity index is 1.35. The maximum atomic E-state index is 12.3. The van der Waals surface area contributed by atoms with Gasteiger partial charge in [0.1, 0.15) is 5.75 Å². The molecule has 5 heteroatoms. The molecule has 0 saturated carbocycles. The summed E-state index contributed by atoms with van der Waals surface area (Å²) in [5, 5.41) is 2.96. The number of amides is 1. The lowest BCUT2D eigenvalue weighted by molar-refractivity contribution is 0.0951. The standard InChI is InChI=1S/C24H23N3O2/c1-2-29-21-13-11-20(12-14-21)24(28)25-15-18-7-9-19(10-8-18)16-27-17-26-22-5-3-4-6-23(22)27/h3-14,17H,2,15-16H2,1H3,(H,25,28). The Kier molecular flexibility index (Phi) is 5.56. The third-order valence-corrected chi connectivity index (χ3v) is 4.78. The van der Waals surface area contributed by atoms with Crippen molar-refractivity contribution in [1.82, 2.24) is 14.9 Å². The molecule has 0 aliphatic carbocycles. The zero-order chi connectivity index (χ0) is 20.1. The zero-order valence-corrected chi connectivity index (χ0v) is 16.3. The van der Waals surface area contributed by atoms with Gasteiger partial charge in [0.05, 0.1) is 24.0 Å². The molecular weight excluding hydrogens is 362 g/mol. The van der Waals surface area contributed by atoms with E-state index in [1.807, 2.05) is 55.7 Å². The number of imidazole rings is 1. The first-order valence-corrected chi connectivity index (χ1v) is 9.71. The minimum atomic E-state index is -0.0954. The van der Waals surface area contributed by atoms with Gasteiger partial charge in [0.2, 0.25) is 0 Å². The summed E-state index contributed by atoms with van der Waals surface area (Å²) in [5.41, 5.74) is 5.00. The molecule has 0 spiro atoms. The van der Waals surface area contributed by atoms with Crippen molar-refractivity contribution in [3.8, 4) is 5.75 Å². The molecule has 0 bridgehead atoms. The SMILES string of the molecule is CCOc1ccc(C(=O)NCc2ccc(Cn3cnc4ccccc43)cc2)cc1. The predicted octanol–water partition coefficient (Wildman–Crippen LogP) is 4.41. The van der Waals surface area contributed by atoms with Gasteiger partial charge >= 0.3 is 0 Å². The number of fused-ring (bicyclic) bond motifs is 1. The maximum Gasteiger partial charge on any atom is 0.251 e. The second kappa shape index (κ2) is 8.61. The van der Waals surface area contributed by atoms with Crippen molar-refractivity contribution in [3.63, 3.8) is 0 Å². The normalized spacial score (nSPS) is 10.8. The molecule has 4 rings (SSSR count). The van der Waals surface area contributed by atoms with E-state index in [1.165, 1.54) is 5.56 Å². The molecule has 1 amide bonds.